The highest BCUT2D eigenvalue weighted by molar-refractivity contribution is 7.92. The third-order valence-electron chi connectivity index (χ3n) is 2.28. The number of hydrogen-bond acceptors (Lipinski definition) is 5. The van der Waals surface area contributed by atoms with Crippen molar-refractivity contribution in [3.63, 3.8) is 0 Å². The maximum atomic E-state index is 11.2. The standard InChI is InChI=1S/C12H15N3O2S2/c1-9-8-18-12(14-9)7-13-10-4-3-5-11(6-10)15-19(2,16)17/h3-6,8,13,15H,7H2,1-2H3. The van der Waals surface area contributed by atoms with Crippen LogP contribution in [0, 0.1) is 6.92 Å². The van der Waals surface area contributed by atoms with Gasteiger partial charge in [0, 0.05) is 16.8 Å². The van der Waals surface area contributed by atoms with Crippen LogP contribution >= 0.6 is 11.3 Å². The SMILES string of the molecule is Cc1csc(CNc2cccc(NS(C)(=O)=O)c2)n1. The Kier molecular flexibility index (Phi) is 4.06. The van der Waals surface area contributed by atoms with Gasteiger partial charge in [0.1, 0.15) is 5.01 Å². The van der Waals surface area contributed by atoms with Crippen molar-refractivity contribution in [2.24, 2.45) is 0 Å². The molecule has 2 aromatic rings. The molecule has 102 valence electrons. The van der Waals surface area contributed by atoms with Crippen LogP contribution in [0.5, 0.6) is 0 Å². The normalized spacial score (nSPS) is 11.3. The van der Waals surface area contributed by atoms with Crippen molar-refractivity contribution in [3.05, 3.63) is 40.3 Å². The molecule has 0 aliphatic heterocycles. The summed E-state index contributed by atoms with van der Waals surface area (Å²) in [5.41, 5.74) is 2.40. The maximum Gasteiger partial charge on any atom is 0.229 e. The number of nitrogens with one attached hydrogen (secondary N) is 2. The molecule has 0 saturated heterocycles. The summed E-state index contributed by atoms with van der Waals surface area (Å²) in [6, 6.07) is 7.14. The van der Waals surface area contributed by atoms with E-state index in [1.165, 1.54) is 0 Å². The van der Waals surface area contributed by atoms with Gasteiger partial charge in [-0.15, -0.1) is 11.3 Å². The van der Waals surface area contributed by atoms with Gasteiger partial charge in [0.15, 0.2) is 0 Å². The lowest BCUT2D eigenvalue weighted by Gasteiger charge is -2.08. The van der Waals surface area contributed by atoms with Crippen molar-refractivity contribution in [2.75, 3.05) is 16.3 Å². The van der Waals surface area contributed by atoms with E-state index in [0.29, 0.717) is 12.2 Å². The van der Waals surface area contributed by atoms with Crippen LogP contribution < -0.4 is 10.0 Å². The fraction of sp³-hybridized carbons (Fsp3) is 0.250. The third kappa shape index (κ3) is 4.53. The molecule has 0 atom stereocenters. The second-order valence-electron chi connectivity index (χ2n) is 4.19. The van der Waals surface area contributed by atoms with Crippen LogP contribution in [0.1, 0.15) is 10.7 Å². The fourth-order valence-corrected chi connectivity index (χ4v) is 2.83. The van der Waals surface area contributed by atoms with Gasteiger partial charge in [0.25, 0.3) is 0 Å². The Labute approximate surface area is 116 Å². The second kappa shape index (κ2) is 5.58. The molecule has 0 aliphatic carbocycles. The lowest BCUT2D eigenvalue weighted by molar-refractivity contribution is 0.607. The summed E-state index contributed by atoms with van der Waals surface area (Å²) in [5.74, 6) is 0. The van der Waals surface area contributed by atoms with E-state index in [0.717, 1.165) is 22.6 Å². The van der Waals surface area contributed by atoms with Gasteiger partial charge >= 0.3 is 0 Å². The molecule has 0 bridgehead atoms. The molecule has 2 rings (SSSR count). The third-order valence-corrected chi connectivity index (χ3v) is 3.85. The first-order chi connectivity index (χ1) is 8.92. The summed E-state index contributed by atoms with van der Waals surface area (Å²) in [7, 11) is -3.25. The molecule has 1 aromatic carbocycles. The van der Waals surface area contributed by atoms with Crippen LogP contribution in [0.3, 0.4) is 0 Å². The number of sulfonamides is 1. The highest BCUT2D eigenvalue weighted by Crippen LogP contribution is 2.17. The number of rotatable bonds is 5. The average Bonchev–Trinajstić information content (AvgIpc) is 2.71. The first kappa shape index (κ1) is 13.8. The Balaban J connectivity index is 2.03. The Morgan fingerprint density at radius 3 is 2.68 bits per heavy atom. The van der Waals surface area contributed by atoms with E-state index in [2.05, 4.69) is 15.0 Å². The minimum atomic E-state index is -3.25. The van der Waals surface area contributed by atoms with Gasteiger partial charge in [-0.1, -0.05) is 6.07 Å². The summed E-state index contributed by atoms with van der Waals surface area (Å²) in [6.45, 7) is 2.58. The molecular formula is C12H15N3O2S2. The van der Waals surface area contributed by atoms with Crippen molar-refractivity contribution < 1.29 is 8.42 Å². The van der Waals surface area contributed by atoms with Crippen LogP contribution in [0.15, 0.2) is 29.6 Å². The quantitative estimate of drug-likeness (QED) is 0.889. The minimum absolute atomic E-state index is 0.544. The van der Waals surface area contributed by atoms with E-state index in [1.807, 2.05) is 18.4 Å². The Bertz CT molecular complexity index is 665. The highest BCUT2D eigenvalue weighted by Gasteiger charge is 2.03. The first-order valence-corrected chi connectivity index (χ1v) is 8.42. The zero-order chi connectivity index (χ0) is 13.9. The summed E-state index contributed by atoms with van der Waals surface area (Å²) in [4.78, 5) is 4.35. The molecule has 0 aliphatic rings. The lowest BCUT2D eigenvalue weighted by atomic mass is 10.3. The highest BCUT2D eigenvalue weighted by atomic mass is 32.2. The van der Waals surface area contributed by atoms with Crippen molar-refractivity contribution in [2.45, 2.75) is 13.5 Å². The summed E-state index contributed by atoms with van der Waals surface area (Å²) < 4.78 is 24.8. The minimum Gasteiger partial charge on any atom is -0.378 e. The van der Waals surface area contributed by atoms with Gasteiger partial charge in [-0.05, 0) is 25.1 Å². The molecule has 0 saturated carbocycles. The first-order valence-electron chi connectivity index (χ1n) is 5.65. The summed E-state index contributed by atoms with van der Waals surface area (Å²) in [6.07, 6.45) is 1.13. The second-order valence-corrected chi connectivity index (χ2v) is 6.88. The van der Waals surface area contributed by atoms with E-state index in [1.54, 1.807) is 29.5 Å². The molecule has 5 nitrogen and oxygen atoms in total. The van der Waals surface area contributed by atoms with Gasteiger partial charge in [0.05, 0.1) is 18.5 Å². The number of aryl methyl sites for hydroxylation is 1. The Morgan fingerprint density at radius 2 is 2.05 bits per heavy atom. The van der Waals surface area contributed by atoms with Crippen LogP contribution in [0.4, 0.5) is 11.4 Å². The van der Waals surface area contributed by atoms with Crippen molar-refractivity contribution in [3.8, 4) is 0 Å². The van der Waals surface area contributed by atoms with Crippen molar-refractivity contribution in [1.82, 2.24) is 4.98 Å². The van der Waals surface area contributed by atoms with Gasteiger partial charge in [-0.3, -0.25) is 4.72 Å². The van der Waals surface area contributed by atoms with Gasteiger partial charge in [-0.25, -0.2) is 13.4 Å². The smallest absolute Gasteiger partial charge is 0.229 e. The number of anilines is 2. The fourth-order valence-electron chi connectivity index (χ4n) is 1.57. The van der Waals surface area contributed by atoms with E-state index in [4.69, 9.17) is 0 Å². The molecule has 1 heterocycles. The zero-order valence-electron chi connectivity index (χ0n) is 10.7. The predicted octanol–water partition coefficient (Wildman–Crippen LogP) is 2.44. The Hall–Kier alpha value is -1.60. The van der Waals surface area contributed by atoms with Gasteiger partial charge in [0.2, 0.25) is 10.0 Å². The number of hydrogen-bond donors (Lipinski definition) is 2. The number of nitrogens with zero attached hydrogens (tertiary/aromatic N) is 1. The average molecular weight is 297 g/mol. The van der Waals surface area contributed by atoms with E-state index in [-0.39, 0.29) is 0 Å². The summed E-state index contributed by atoms with van der Waals surface area (Å²) in [5, 5.41) is 6.21. The molecular weight excluding hydrogens is 282 g/mol. The molecule has 1 aromatic heterocycles. The number of benzene rings is 1. The zero-order valence-corrected chi connectivity index (χ0v) is 12.3. The van der Waals surface area contributed by atoms with Crippen LogP contribution in [-0.4, -0.2) is 19.7 Å². The lowest BCUT2D eigenvalue weighted by Crippen LogP contribution is -2.09. The number of thiazole rings is 1. The molecule has 0 unspecified atom stereocenters. The molecule has 7 heteroatoms. The van der Waals surface area contributed by atoms with Gasteiger partial charge < -0.3 is 5.32 Å². The van der Waals surface area contributed by atoms with E-state index in [9.17, 15) is 8.42 Å². The molecule has 2 N–H and O–H groups in total. The topological polar surface area (TPSA) is 71.1 Å². The van der Waals surface area contributed by atoms with Crippen LogP contribution in [0.25, 0.3) is 0 Å². The maximum absolute atomic E-state index is 11.2. The molecule has 0 radical (unpaired) electrons. The van der Waals surface area contributed by atoms with Crippen molar-refractivity contribution in [1.29, 1.82) is 0 Å². The van der Waals surface area contributed by atoms with E-state index < -0.39 is 10.0 Å². The summed E-state index contributed by atoms with van der Waals surface area (Å²) >= 11 is 1.60. The number of aromatic nitrogens is 1. The molecule has 0 spiro atoms. The van der Waals surface area contributed by atoms with Gasteiger partial charge in [-0.2, -0.15) is 0 Å². The molecule has 0 amide bonds. The van der Waals surface area contributed by atoms with E-state index >= 15 is 0 Å². The predicted molar refractivity (Wildman–Crippen MR) is 79.1 cm³/mol. The van der Waals surface area contributed by atoms with Crippen LogP contribution in [-0.2, 0) is 16.6 Å². The monoisotopic (exact) mass is 297 g/mol. The Morgan fingerprint density at radius 1 is 1.32 bits per heavy atom. The molecule has 0 fully saturated rings. The van der Waals surface area contributed by atoms with Crippen LogP contribution in [0.2, 0.25) is 0 Å². The largest absolute Gasteiger partial charge is 0.378 e. The van der Waals surface area contributed by atoms with Crippen molar-refractivity contribution >= 4 is 32.7 Å². The molecule has 19 heavy (non-hydrogen) atoms.